The zero-order valence-electron chi connectivity index (χ0n) is 10.6. The highest BCUT2D eigenvalue weighted by molar-refractivity contribution is 5.99. The van der Waals surface area contributed by atoms with Gasteiger partial charge in [-0.05, 0) is 12.6 Å². The van der Waals surface area contributed by atoms with E-state index in [4.69, 9.17) is 19.9 Å². The van der Waals surface area contributed by atoms with E-state index in [0.29, 0.717) is 0 Å². The van der Waals surface area contributed by atoms with Gasteiger partial charge in [-0.1, -0.05) is 0 Å². The van der Waals surface area contributed by atoms with Gasteiger partial charge in [-0.2, -0.15) is 4.39 Å². The Balaban J connectivity index is 3.42. The van der Waals surface area contributed by atoms with E-state index in [1.165, 1.54) is 27.4 Å². The Morgan fingerprint density at radius 3 is 2.28 bits per heavy atom. The number of rotatable bonds is 6. The number of nitrogens with two attached hydrogens (primary N) is 1. The van der Waals surface area contributed by atoms with Crippen molar-refractivity contribution in [3.8, 4) is 17.2 Å². The molecule has 0 aliphatic rings. The molecule has 0 saturated carbocycles. The Labute approximate surface area is 105 Å². The van der Waals surface area contributed by atoms with Crippen molar-refractivity contribution >= 4 is 5.78 Å². The van der Waals surface area contributed by atoms with Crippen LogP contribution in [-0.4, -0.2) is 33.7 Å². The van der Waals surface area contributed by atoms with Crippen molar-refractivity contribution in [2.24, 2.45) is 5.73 Å². The van der Waals surface area contributed by atoms with Crippen LogP contribution in [0.3, 0.4) is 0 Å². The molecule has 0 unspecified atom stereocenters. The summed E-state index contributed by atoms with van der Waals surface area (Å²) in [5.41, 5.74) is 5.41. The monoisotopic (exact) mass is 257 g/mol. The average Bonchev–Trinajstić information content (AvgIpc) is 2.37. The van der Waals surface area contributed by atoms with Gasteiger partial charge in [0.05, 0.1) is 26.9 Å². The molecule has 5 nitrogen and oxygen atoms in total. The smallest absolute Gasteiger partial charge is 0.211 e. The van der Waals surface area contributed by atoms with Crippen LogP contribution >= 0.6 is 0 Å². The largest absolute Gasteiger partial charge is 0.493 e. The molecule has 1 aromatic carbocycles. The second-order valence-corrected chi connectivity index (χ2v) is 3.47. The number of carbonyl (C=O) groups excluding carboxylic acids is 1. The van der Waals surface area contributed by atoms with E-state index in [1.54, 1.807) is 0 Å². The maximum atomic E-state index is 14.1. The molecule has 0 aliphatic carbocycles. The van der Waals surface area contributed by atoms with Gasteiger partial charge in [0.25, 0.3) is 0 Å². The van der Waals surface area contributed by atoms with Gasteiger partial charge in [0.15, 0.2) is 17.3 Å². The molecule has 100 valence electrons. The molecule has 0 saturated heterocycles. The summed E-state index contributed by atoms with van der Waals surface area (Å²) >= 11 is 0. The van der Waals surface area contributed by atoms with E-state index in [9.17, 15) is 9.18 Å². The number of ether oxygens (including phenoxy) is 3. The molecule has 0 spiro atoms. The van der Waals surface area contributed by atoms with Gasteiger partial charge in [-0.25, -0.2) is 0 Å². The van der Waals surface area contributed by atoms with Crippen LogP contribution in [0, 0.1) is 5.82 Å². The van der Waals surface area contributed by atoms with Gasteiger partial charge >= 0.3 is 0 Å². The van der Waals surface area contributed by atoms with Crippen molar-refractivity contribution in [3.05, 3.63) is 17.4 Å². The topological polar surface area (TPSA) is 70.8 Å². The quantitative estimate of drug-likeness (QED) is 0.780. The van der Waals surface area contributed by atoms with E-state index in [-0.39, 0.29) is 41.6 Å². The third kappa shape index (κ3) is 2.53. The molecular weight excluding hydrogens is 241 g/mol. The summed E-state index contributed by atoms with van der Waals surface area (Å²) in [5, 5.41) is 0. The molecule has 18 heavy (non-hydrogen) atoms. The Kier molecular flexibility index (Phi) is 4.91. The summed E-state index contributed by atoms with van der Waals surface area (Å²) in [6, 6.07) is 1.39. The normalized spacial score (nSPS) is 10.1. The molecule has 0 aromatic heterocycles. The first-order valence-corrected chi connectivity index (χ1v) is 5.32. The standard InChI is InChI=1S/C12H16FNO4/c1-16-9-6-7(8(15)4-5-14)11(17-2)10(13)12(9)18-3/h6H,4-5,14H2,1-3H3. The van der Waals surface area contributed by atoms with Gasteiger partial charge < -0.3 is 19.9 Å². The van der Waals surface area contributed by atoms with Crippen LogP contribution in [-0.2, 0) is 0 Å². The number of hydrogen-bond donors (Lipinski definition) is 1. The van der Waals surface area contributed by atoms with Crippen LogP contribution in [0.25, 0.3) is 0 Å². The Morgan fingerprint density at radius 1 is 1.22 bits per heavy atom. The number of carbonyl (C=O) groups is 1. The van der Waals surface area contributed by atoms with Gasteiger partial charge in [0.2, 0.25) is 11.6 Å². The maximum absolute atomic E-state index is 14.1. The van der Waals surface area contributed by atoms with Gasteiger partial charge in [-0.15, -0.1) is 0 Å². The molecule has 0 radical (unpaired) electrons. The minimum absolute atomic E-state index is 0.0955. The van der Waals surface area contributed by atoms with Crippen LogP contribution in [0.1, 0.15) is 16.8 Å². The van der Waals surface area contributed by atoms with Gasteiger partial charge in [-0.3, -0.25) is 4.79 Å². The SMILES string of the molecule is COc1cc(C(=O)CCN)c(OC)c(F)c1OC. The van der Waals surface area contributed by atoms with E-state index in [1.807, 2.05) is 0 Å². The molecule has 0 fully saturated rings. The van der Waals surface area contributed by atoms with Gasteiger partial charge in [0.1, 0.15) is 0 Å². The highest BCUT2D eigenvalue weighted by atomic mass is 19.1. The zero-order valence-corrected chi connectivity index (χ0v) is 10.6. The predicted molar refractivity (Wildman–Crippen MR) is 64.1 cm³/mol. The molecule has 1 aromatic rings. The number of halogens is 1. The second kappa shape index (κ2) is 6.20. The van der Waals surface area contributed by atoms with Crippen LogP contribution in [0.5, 0.6) is 17.2 Å². The first-order valence-electron chi connectivity index (χ1n) is 5.32. The number of benzene rings is 1. The lowest BCUT2D eigenvalue weighted by atomic mass is 10.1. The van der Waals surface area contributed by atoms with Crippen LogP contribution in [0.15, 0.2) is 6.07 Å². The fraction of sp³-hybridized carbons (Fsp3) is 0.417. The summed E-state index contributed by atoms with van der Waals surface area (Å²) < 4.78 is 28.9. The van der Waals surface area contributed by atoms with Crippen molar-refractivity contribution in [3.63, 3.8) is 0 Å². The fourth-order valence-corrected chi connectivity index (χ4v) is 1.61. The lowest BCUT2D eigenvalue weighted by Gasteiger charge is -2.14. The molecule has 2 N–H and O–H groups in total. The second-order valence-electron chi connectivity index (χ2n) is 3.47. The summed E-state index contributed by atoms with van der Waals surface area (Å²) in [6.45, 7) is 0.179. The van der Waals surface area contributed by atoms with Crippen LogP contribution in [0.2, 0.25) is 0 Å². The predicted octanol–water partition coefficient (Wildman–Crippen LogP) is 1.38. The van der Waals surface area contributed by atoms with Crippen molar-refractivity contribution in [1.82, 2.24) is 0 Å². The first-order chi connectivity index (χ1) is 8.60. The van der Waals surface area contributed by atoms with Crippen molar-refractivity contribution in [2.45, 2.75) is 6.42 Å². The molecule has 0 amide bonds. The highest BCUT2D eigenvalue weighted by Gasteiger charge is 2.23. The van der Waals surface area contributed by atoms with Crippen molar-refractivity contribution in [2.75, 3.05) is 27.9 Å². The summed E-state index contributed by atoms with van der Waals surface area (Å²) in [7, 11) is 3.95. The molecule has 0 heterocycles. The van der Waals surface area contributed by atoms with E-state index in [2.05, 4.69) is 0 Å². The Bertz CT molecular complexity index is 448. The lowest BCUT2D eigenvalue weighted by molar-refractivity contribution is 0.0981. The number of ketones is 1. The third-order valence-electron chi connectivity index (χ3n) is 2.44. The Hall–Kier alpha value is -1.82. The lowest BCUT2D eigenvalue weighted by Crippen LogP contribution is -2.11. The molecule has 6 heteroatoms. The Morgan fingerprint density at radius 2 is 1.83 bits per heavy atom. The number of hydrogen-bond acceptors (Lipinski definition) is 5. The zero-order chi connectivity index (χ0) is 13.7. The number of Topliss-reactive ketones (excluding diaryl/α,β-unsaturated/α-hetero) is 1. The molecule has 0 atom stereocenters. The summed E-state index contributed by atoms with van der Waals surface area (Å²) in [4.78, 5) is 11.8. The molecule has 0 aliphatic heterocycles. The minimum Gasteiger partial charge on any atom is -0.493 e. The van der Waals surface area contributed by atoms with E-state index >= 15 is 0 Å². The van der Waals surface area contributed by atoms with E-state index < -0.39 is 5.82 Å². The highest BCUT2D eigenvalue weighted by Crippen LogP contribution is 2.39. The third-order valence-corrected chi connectivity index (χ3v) is 2.44. The van der Waals surface area contributed by atoms with Crippen molar-refractivity contribution in [1.29, 1.82) is 0 Å². The average molecular weight is 257 g/mol. The van der Waals surface area contributed by atoms with E-state index in [0.717, 1.165) is 0 Å². The number of methoxy groups -OCH3 is 3. The van der Waals surface area contributed by atoms with Gasteiger partial charge in [0, 0.05) is 6.42 Å². The van der Waals surface area contributed by atoms with Crippen molar-refractivity contribution < 1.29 is 23.4 Å². The van der Waals surface area contributed by atoms with Crippen LogP contribution < -0.4 is 19.9 Å². The first kappa shape index (κ1) is 14.2. The fourth-order valence-electron chi connectivity index (χ4n) is 1.61. The summed E-state index contributed by atoms with van der Waals surface area (Å²) in [5.74, 6) is -1.20. The minimum atomic E-state index is -0.764. The molecule has 0 bridgehead atoms. The molecular formula is C12H16FNO4. The summed E-state index contributed by atoms with van der Waals surface area (Å²) in [6.07, 6.45) is 0.102. The molecule has 1 rings (SSSR count). The maximum Gasteiger partial charge on any atom is 0.211 e. The van der Waals surface area contributed by atoms with Crippen LogP contribution in [0.4, 0.5) is 4.39 Å².